The lowest BCUT2D eigenvalue weighted by molar-refractivity contribution is 0.0661. The van der Waals surface area contributed by atoms with Crippen molar-refractivity contribution >= 4 is 54.9 Å². The number of thiophene rings is 1. The van der Waals surface area contributed by atoms with E-state index in [1.807, 2.05) is 0 Å². The molecule has 0 fully saturated rings. The van der Waals surface area contributed by atoms with E-state index in [0.29, 0.717) is 4.34 Å². The molecule has 0 aliphatic carbocycles. The van der Waals surface area contributed by atoms with Crippen LogP contribution in [0.15, 0.2) is 32.2 Å². The predicted octanol–water partition coefficient (Wildman–Crippen LogP) is 3.28. The molecule has 10 heteroatoms. The number of halogens is 2. The molecule has 114 valence electrons. The first-order valence-electron chi connectivity index (χ1n) is 5.45. The number of carbonyl (C=O) groups is 1. The van der Waals surface area contributed by atoms with Crippen LogP contribution < -0.4 is 0 Å². The molecule has 0 unspecified atom stereocenters. The normalized spacial score (nSPS) is 12.0. The monoisotopic (exact) mass is 413 g/mol. The quantitative estimate of drug-likeness (QED) is 0.811. The topological polar surface area (TPSA) is 87.8 Å². The minimum absolute atomic E-state index is 0.125. The van der Waals surface area contributed by atoms with Crippen LogP contribution in [0.4, 0.5) is 0 Å². The number of aromatic carboxylic acids is 1. The van der Waals surface area contributed by atoms with Crippen molar-refractivity contribution in [1.82, 2.24) is 4.31 Å². The number of hydrogen-bond donors (Lipinski definition) is 1. The van der Waals surface area contributed by atoms with Gasteiger partial charge in [-0.15, -0.1) is 11.3 Å². The summed E-state index contributed by atoms with van der Waals surface area (Å²) >= 11 is 10.00. The van der Waals surface area contributed by atoms with Gasteiger partial charge in [-0.3, -0.25) is 0 Å². The summed E-state index contributed by atoms with van der Waals surface area (Å²) < 4.78 is 31.2. The maximum Gasteiger partial charge on any atom is 0.371 e. The van der Waals surface area contributed by atoms with Gasteiger partial charge in [0, 0.05) is 24.5 Å². The molecule has 0 saturated heterocycles. The molecule has 0 aliphatic heterocycles. The van der Waals surface area contributed by atoms with Gasteiger partial charge in [-0.1, -0.05) is 11.6 Å². The van der Waals surface area contributed by atoms with Gasteiger partial charge in [0.1, 0.15) is 4.90 Å². The van der Waals surface area contributed by atoms with E-state index in [4.69, 9.17) is 21.1 Å². The lowest BCUT2D eigenvalue weighted by Gasteiger charge is -2.15. The number of carboxylic acid groups (broad SMARTS) is 1. The summed E-state index contributed by atoms with van der Waals surface area (Å²) in [6.07, 6.45) is 0. The molecule has 0 amide bonds. The summed E-state index contributed by atoms with van der Waals surface area (Å²) in [4.78, 5) is 11.4. The second-order valence-corrected chi connectivity index (χ2v) is 8.55. The van der Waals surface area contributed by atoms with Crippen molar-refractivity contribution in [3.8, 4) is 0 Å². The summed E-state index contributed by atoms with van der Waals surface area (Å²) in [7, 11) is -2.49. The van der Waals surface area contributed by atoms with E-state index in [2.05, 4.69) is 15.9 Å². The van der Waals surface area contributed by atoms with Crippen LogP contribution in [0.5, 0.6) is 0 Å². The SMILES string of the molecule is CN(Cc1ccc(Cl)s1)S(=O)(=O)c1cc(C(=O)O)oc1Br. The first kappa shape index (κ1) is 16.5. The zero-order valence-corrected chi connectivity index (χ0v) is 14.5. The van der Waals surface area contributed by atoms with Gasteiger partial charge in [0.2, 0.25) is 15.8 Å². The van der Waals surface area contributed by atoms with Gasteiger partial charge < -0.3 is 9.52 Å². The van der Waals surface area contributed by atoms with Crippen molar-refractivity contribution in [2.45, 2.75) is 11.4 Å². The van der Waals surface area contributed by atoms with Crippen LogP contribution in [0.2, 0.25) is 4.34 Å². The minimum atomic E-state index is -3.88. The number of rotatable bonds is 5. The number of hydrogen-bond acceptors (Lipinski definition) is 5. The Morgan fingerprint density at radius 2 is 2.19 bits per heavy atom. The number of nitrogens with zero attached hydrogens (tertiary/aromatic N) is 1. The van der Waals surface area contributed by atoms with E-state index in [9.17, 15) is 13.2 Å². The van der Waals surface area contributed by atoms with E-state index >= 15 is 0 Å². The minimum Gasteiger partial charge on any atom is -0.475 e. The summed E-state index contributed by atoms with van der Waals surface area (Å²) in [6, 6.07) is 4.38. The molecule has 0 radical (unpaired) electrons. The molecule has 0 aromatic carbocycles. The molecule has 0 atom stereocenters. The third kappa shape index (κ3) is 3.49. The van der Waals surface area contributed by atoms with Crippen LogP contribution in [0.3, 0.4) is 0 Å². The van der Waals surface area contributed by atoms with Gasteiger partial charge in [-0.25, -0.2) is 13.2 Å². The largest absolute Gasteiger partial charge is 0.475 e. The Kier molecular flexibility index (Phi) is 4.79. The fourth-order valence-electron chi connectivity index (χ4n) is 1.54. The van der Waals surface area contributed by atoms with Crippen molar-refractivity contribution in [2.24, 2.45) is 0 Å². The van der Waals surface area contributed by atoms with Gasteiger partial charge in [-0.2, -0.15) is 4.31 Å². The average molecular weight is 415 g/mol. The third-order valence-corrected chi connectivity index (χ3v) is 6.44. The van der Waals surface area contributed by atoms with Crippen LogP contribution in [0, 0.1) is 0 Å². The average Bonchev–Trinajstić information content (AvgIpc) is 2.96. The molecule has 0 aliphatic rings. The molecule has 0 saturated carbocycles. The molecule has 2 heterocycles. The van der Waals surface area contributed by atoms with E-state index < -0.39 is 21.8 Å². The molecule has 2 aromatic rings. The first-order chi connectivity index (χ1) is 9.71. The molecule has 21 heavy (non-hydrogen) atoms. The fraction of sp³-hybridized carbons (Fsp3) is 0.182. The number of sulfonamides is 1. The van der Waals surface area contributed by atoms with E-state index in [1.54, 1.807) is 12.1 Å². The highest BCUT2D eigenvalue weighted by Crippen LogP contribution is 2.30. The Balaban J connectivity index is 2.30. The maximum absolute atomic E-state index is 12.4. The van der Waals surface area contributed by atoms with Crippen LogP contribution in [-0.4, -0.2) is 30.8 Å². The molecule has 0 bridgehead atoms. The Labute approximate surface area is 138 Å². The lowest BCUT2D eigenvalue weighted by Crippen LogP contribution is -2.26. The Bertz CT molecular complexity index is 782. The summed E-state index contributed by atoms with van der Waals surface area (Å²) in [5.74, 6) is -1.79. The Morgan fingerprint density at radius 3 is 2.67 bits per heavy atom. The van der Waals surface area contributed by atoms with E-state index in [0.717, 1.165) is 15.2 Å². The maximum atomic E-state index is 12.4. The van der Waals surface area contributed by atoms with Gasteiger partial charge >= 0.3 is 5.97 Å². The zero-order chi connectivity index (χ0) is 15.8. The lowest BCUT2D eigenvalue weighted by atomic mass is 10.5. The fourth-order valence-corrected chi connectivity index (χ4v) is 4.81. The van der Waals surface area contributed by atoms with Crippen molar-refractivity contribution < 1.29 is 22.7 Å². The second kappa shape index (κ2) is 6.09. The highest BCUT2D eigenvalue weighted by molar-refractivity contribution is 9.10. The Hall–Kier alpha value is -0.870. The molecular weight excluding hydrogens is 406 g/mol. The third-order valence-electron chi connectivity index (χ3n) is 2.56. The summed E-state index contributed by atoms with van der Waals surface area (Å²) in [6.45, 7) is 0.125. The van der Waals surface area contributed by atoms with E-state index in [-0.39, 0.29) is 16.1 Å². The van der Waals surface area contributed by atoms with Crippen LogP contribution in [0.1, 0.15) is 15.4 Å². The second-order valence-electron chi connectivity index (χ2n) is 4.02. The highest BCUT2D eigenvalue weighted by Gasteiger charge is 2.28. The van der Waals surface area contributed by atoms with Crippen LogP contribution in [0.25, 0.3) is 0 Å². The smallest absolute Gasteiger partial charge is 0.371 e. The summed E-state index contributed by atoms with van der Waals surface area (Å²) in [5.41, 5.74) is 0. The highest BCUT2D eigenvalue weighted by atomic mass is 79.9. The predicted molar refractivity (Wildman–Crippen MR) is 81.3 cm³/mol. The van der Waals surface area contributed by atoms with E-state index in [1.165, 1.54) is 18.4 Å². The van der Waals surface area contributed by atoms with Crippen LogP contribution in [-0.2, 0) is 16.6 Å². The van der Waals surface area contributed by atoms with Crippen molar-refractivity contribution in [2.75, 3.05) is 7.05 Å². The summed E-state index contributed by atoms with van der Waals surface area (Å²) in [5, 5.41) is 8.83. The van der Waals surface area contributed by atoms with Gasteiger partial charge in [-0.05, 0) is 28.1 Å². The van der Waals surface area contributed by atoms with Crippen molar-refractivity contribution in [3.63, 3.8) is 0 Å². The molecule has 2 aromatic heterocycles. The van der Waals surface area contributed by atoms with Crippen molar-refractivity contribution in [1.29, 1.82) is 0 Å². The van der Waals surface area contributed by atoms with Gasteiger partial charge in [0.15, 0.2) is 4.67 Å². The van der Waals surface area contributed by atoms with Crippen LogP contribution >= 0.6 is 38.9 Å². The molecule has 2 rings (SSSR count). The standard InChI is InChI=1S/C11H9BrClNO5S2/c1-14(5-6-2-3-9(13)20-6)21(17,18)8-4-7(11(15)16)19-10(8)12/h2-4H,5H2,1H3,(H,15,16). The first-order valence-corrected chi connectivity index (χ1v) is 8.87. The van der Waals surface area contributed by atoms with Crippen molar-refractivity contribution in [3.05, 3.63) is 37.8 Å². The van der Waals surface area contributed by atoms with Gasteiger partial charge in [0.25, 0.3) is 0 Å². The molecule has 1 N–H and O–H groups in total. The number of carboxylic acids is 1. The number of furan rings is 1. The van der Waals surface area contributed by atoms with Gasteiger partial charge in [0.05, 0.1) is 4.34 Å². The molecular formula is C11H9BrClNO5S2. The zero-order valence-electron chi connectivity index (χ0n) is 10.5. The molecule has 6 nitrogen and oxygen atoms in total. The Morgan fingerprint density at radius 1 is 1.52 bits per heavy atom. The molecule has 0 spiro atoms.